The molecule has 2 aliphatic rings. The Morgan fingerprint density at radius 2 is 2.42 bits per heavy atom. The van der Waals surface area contributed by atoms with Gasteiger partial charge in [0, 0.05) is 31.6 Å². The molecule has 3 rings (SSSR count). The molecule has 0 radical (unpaired) electrons. The van der Waals surface area contributed by atoms with Crippen LogP contribution < -0.4 is 4.74 Å². The summed E-state index contributed by atoms with van der Waals surface area (Å²) in [5, 5.41) is 0.398. The first-order valence-corrected chi connectivity index (χ1v) is 7.21. The number of halogens is 2. The Bertz CT molecular complexity index is 514. The monoisotopic (exact) mass is 346 g/mol. The number of hydrogen-bond donors (Lipinski definition) is 0. The van der Waals surface area contributed by atoms with Crippen molar-refractivity contribution in [3.63, 3.8) is 0 Å². The van der Waals surface area contributed by atoms with Crippen molar-refractivity contribution in [3.05, 3.63) is 21.9 Å². The van der Waals surface area contributed by atoms with Gasteiger partial charge in [-0.05, 0) is 15.9 Å². The lowest BCUT2D eigenvalue weighted by Crippen LogP contribution is -2.44. The summed E-state index contributed by atoms with van der Waals surface area (Å²) in [4.78, 5) is 17.1. The molecule has 0 bridgehead atoms. The van der Waals surface area contributed by atoms with E-state index in [1.165, 1.54) is 0 Å². The maximum Gasteiger partial charge on any atom is 0.410 e. The van der Waals surface area contributed by atoms with Gasteiger partial charge in [-0.2, -0.15) is 0 Å². The van der Waals surface area contributed by atoms with Crippen molar-refractivity contribution in [2.24, 2.45) is 0 Å². The molecule has 0 aromatic carbocycles. The quantitative estimate of drug-likeness (QED) is 0.772. The van der Waals surface area contributed by atoms with Gasteiger partial charge < -0.3 is 14.4 Å². The van der Waals surface area contributed by atoms with Crippen LogP contribution in [-0.2, 0) is 4.74 Å². The second-order valence-corrected chi connectivity index (χ2v) is 5.87. The third-order valence-corrected chi connectivity index (χ3v) is 4.18. The van der Waals surface area contributed by atoms with Gasteiger partial charge in [0.25, 0.3) is 0 Å². The van der Waals surface area contributed by atoms with Crippen molar-refractivity contribution in [2.75, 3.05) is 13.2 Å². The topological polar surface area (TPSA) is 51.7 Å². The van der Waals surface area contributed by atoms with E-state index >= 15 is 0 Å². The van der Waals surface area contributed by atoms with Crippen LogP contribution in [0.25, 0.3) is 0 Å². The number of aromatic nitrogens is 1. The van der Waals surface area contributed by atoms with Crippen molar-refractivity contribution in [1.82, 2.24) is 9.88 Å². The SMILES string of the molecule is O=C1OC[C@@H]2C[C@@H](Oc3cc(Cl)ncc3Br)CCN12. The van der Waals surface area contributed by atoms with Crippen molar-refractivity contribution in [1.29, 1.82) is 0 Å². The Morgan fingerprint density at radius 3 is 3.26 bits per heavy atom. The zero-order valence-corrected chi connectivity index (χ0v) is 12.4. The van der Waals surface area contributed by atoms with E-state index in [0.29, 0.717) is 24.1 Å². The van der Waals surface area contributed by atoms with Crippen LogP contribution in [0.3, 0.4) is 0 Å². The smallest absolute Gasteiger partial charge is 0.410 e. The number of fused-ring (bicyclic) bond motifs is 1. The molecule has 1 aromatic rings. The Morgan fingerprint density at radius 1 is 1.58 bits per heavy atom. The van der Waals surface area contributed by atoms with Gasteiger partial charge in [-0.1, -0.05) is 11.6 Å². The second kappa shape index (κ2) is 5.17. The number of hydrogen-bond acceptors (Lipinski definition) is 4. The summed E-state index contributed by atoms with van der Waals surface area (Å²) in [7, 11) is 0. The molecule has 1 aromatic heterocycles. The van der Waals surface area contributed by atoms with E-state index in [9.17, 15) is 4.79 Å². The van der Waals surface area contributed by atoms with E-state index in [2.05, 4.69) is 20.9 Å². The summed E-state index contributed by atoms with van der Waals surface area (Å²) >= 11 is 9.25. The van der Waals surface area contributed by atoms with E-state index in [1.54, 1.807) is 17.2 Å². The number of amides is 1. The number of cyclic esters (lactones) is 1. The van der Waals surface area contributed by atoms with Gasteiger partial charge in [-0.25, -0.2) is 9.78 Å². The molecular weight excluding hydrogens is 336 g/mol. The lowest BCUT2D eigenvalue weighted by molar-refractivity contribution is 0.0930. The van der Waals surface area contributed by atoms with Crippen LogP contribution in [0.4, 0.5) is 4.79 Å². The largest absolute Gasteiger partial charge is 0.489 e. The van der Waals surface area contributed by atoms with Crippen molar-refractivity contribution in [2.45, 2.75) is 25.0 Å². The van der Waals surface area contributed by atoms with Crippen LogP contribution in [0, 0.1) is 0 Å². The molecule has 1 amide bonds. The Kier molecular flexibility index (Phi) is 3.54. The van der Waals surface area contributed by atoms with E-state index < -0.39 is 0 Å². The molecule has 0 spiro atoms. The molecule has 2 fully saturated rings. The van der Waals surface area contributed by atoms with E-state index in [-0.39, 0.29) is 18.2 Å². The first-order valence-electron chi connectivity index (χ1n) is 6.04. The first-order chi connectivity index (χ1) is 9.13. The molecule has 5 nitrogen and oxygen atoms in total. The normalized spacial score (nSPS) is 26.0. The van der Waals surface area contributed by atoms with Gasteiger partial charge in [0.15, 0.2) is 0 Å². The molecule has 2 aliphatic heterocycles. The average molecular weight is 348 g/mol. The molecule has 3 heterocycles. The second-order valence-electron chi connectivity index (χ2n) is 4.63. The predicted molar refractivity (Wildman–Crippen MR) is 72.4 cm³/mol. The Labute approximate surface area is 124 Å². The minimum absolute atomic E-state index is 0.0607. The van der Waals surface area contributed by atoms with Gasteiger partial charge in [0.1, 0.15) is 23.6 Å². The van der Waals surface area contributed by atoms with Gasteiger partial charge in [-0.15, -0.1) is 0 Å². The van der Waals surface area contributed by atoms with E-state index in [1.807, 2.05) is 0 Å². The van der Waals surface area contributed by atoms with Crippen molar-refractivity contribution in [3.8, 4) is 5.75 Å². The fraction of sp³-hybridized carbons (Fsp3) is 0.500. The number of piperidine rings is 1. The summed E-state index contributed by atoms with van der Waals surface area (Å²) < 4.78 is 11.8. The van der Waals surface area contributed by atoms with Gasteiger partial charge in [0.2, 0.25) is 0 Å². The zero-order chi connectivity index (χ0) is 13.4. The van der Waals surface area contributed by atoms with Crippen LogP contribution in [0.15, 0.2) is 16.7 Å². The molecule has 0 saturated carbocycles. The molecule has 19 heavy (non-hydrogen) atoms. The highest BCUT2D eigenvalue weighted by molar-refractivity contribution is 9.10. The molecular formula is C12H12BrClN2O3. The maximum absolute atomic E-state index is 11.4. The number of pyridine rings is 1. The number of carbonyl (C=O) groups is 1. The van der Waals surface area contributed by atoms with Crippen molar-refractivity contribution < 1.29 is 14.3 Å². The van der Waals surface area contributed by atoms with E-state index in [0.717, 1.165) is 17.3 Å². The van der Waals surface area contributed by atoms with Gasteiger partial charge in [0.05, 0.1) is 10.5 Å². The summed E-state index contributed by atoms with van der Waals surface area (Å²) in [6.07, 6.45) is 3.03. The summed E-state index contributed by atoms with van der Waals surface area (Å²) in [5.41, 5.74) is 0. The number of carbonyl (C=O) groups excluding carboxylic acids is 1. The van der Waals surface area contributed by atoms with Crippen LogP contribution in [-0.4, -0.2) is 41.3 Å². The number of ether oxygens (including phenoxy) is 2. The molecule has 2 saturated heterocycles. The third-order valence-electron chi connectivity index (χ3n) is 3.38. The standard InChI is InChI=1S/C12H12BrClN2O3/c13-9-5-15-11(14)4-10(9)19-8-1-2-16-7(3-8)6-18-12(16)17/h4-5,7-8H,1-3,6H2/t7-,8-/m0/s1. The molecule has 0 N–H and O–H groups in total. The highest BCUT2D eigenvalue weighted by Crippen LogP contribution is 2.31. The average Bonchev–Trinajstić information content (AvgIpc) is 2.75. The first kappa shape index (κ1) is 13.0. The fourth-order valence-electron chi connectivity index (χ4n) is 2.44. The van der Waals surface area contributed by atoms with Crippen LogP contribution in [0.5, 0.6) is 5.75 Å². The summed E-state index contributed by atoms with van der Waals surface area (Å²) in [6.45, 7) is 1.13. The molecule has 7 heteroatoms. The number of nitrogens with zero attached hydrogens (tertiary/aromatic N) is 2. The number of rotatable bonds is 2. The third kappa shape index (κ3) is 2.65. The highest BCUT2D eigenvalue weighted by Gasteiger charge is 2.38. The molecule has 0 unspecified atom stereocenters. The van der Waals surface area contributed by atoms with Crippen LogP contribution in [0.1, 0.15) is 12.8 Å². The lowest BCUT2D eigenvalue weighted by atomic mass is 10.0. The lowest BCUT2D eigenvalue weighted by Gasteiger charge is -2.32. The zero-order valence-electron chi connectivity index (χ0n) is 10.0. The van der Waals surface area contributed by atoms with Gasteiger partial charge in [-0.3, -0.25) is 0 Å². The molecule has 102 valence electrons. The van der Waals surface area contributed by atoms with E-state index in [4.69, 9.17) is 21.1 Å². The molecule has 0 aliphatic carbocycles. The Hall–Kier alpha value is -1.01. The van der Waals surface area contributed by atoms with Crippen molar-refractivity contribution >= 4 is 33.6 Å². The summed E-state index contributed by atoms with van der Waals surface area (Å²) in [5.74, 6) is 0.684. The minimum atomic E-state index is -0.211. The summed E-state index contributed by atoms with van der Waals surface area (Å²) in [6, 6.07) is 1.82. The highest BCUT2D eigenvalue weighted by atomic mass is 79.9. The minimum Gasteiger partial charge on any atom is -0.489 e. The Balaban J connectivity index is 1.68. The molecule has 2 atom stereocenters. The van der Waals surface area contributed by atoms with Crippen LogP contribution >= 0.6 is 27.5 Å². The fourth-order valence-corrected chi connectivity index (χ4v) is 2.89. The predicted octanol–water partition coefficient (Wildman–Crippen LogP) is 2.86. The van der Waals surface area contributed by atoms with Gasteiger partial charge >= 0.3 is 6.09 Å². The van der Waals surface area contributed by atoms with Crippen LogP contribution in [0.2, 0.25) is 5.15 Å². The maximum atomic E-state index is 11.4.